The number of terminal acetylenes is 1. The minimum Gasteiger partial charge on any atom is -0.475 e. The quantitative estimate of drug-likeness (QED) is 0.403. The molecular weight excluding hydrogens is 472 g/mol. The second-order valence-corrected chi connectivity index (χ2v) is 10.3. The van der Waals surface area contributed by atoms with E-state index in [4.69, 9.17) is 20.9 Å². The maximum Gasteiger partial charge on any atom is 0.243 e. The molecule has 0 amide bonds. The van der Waals surface area contributed by atoms with E-state index in [1.165, 1.54) is 20.7 Å². The van der Waals surface area contributed by atoms with Gasteiger partial charge in [-0.1, -0.05) is 0 Å². The van der Waals surface area contributed by atoms with Crippen molar-refractivity contribution in [2.24, 2.45) is 0 Å². The number of thiophene rings is 1. The Morgan fingerprint density at radius 2 is 2.11 bits per heavy atom. The van der Waals surface area contributed by atoms with Gasteiger partial charge in [-0.05, 0) is 43.2 Å². The van der Waals surface area contributed by atoms with Crippen molar-refractivity contribution in [3.8, 4) is 29.5 Å². The molecule has 0 spiro atoms. The Morgan fingerprint density at radius 1 is 1.22 bits per heavy atom. The highest BCUT2D eigenvalue weighted by Crippen LogP contribution is 2.41. The summed E-state index contributed by atoms with van der Waals surface area (Å²) in [6.45, 7) is 8.61. The van der Waals surface area contributed by atoms with Crippen LogP contribution in [0.5, 0.6) is 5.88 Å². The first kappa shape index (κ1) is 23.1. The van der Waals surface area contributed by atoms with E-state index in [-0.39, 0.29) is 0 Å². The summed E-state index contributed by atoms with van der Waals surface area (Å²) in [4.78, 5) is 8.67. The number of aromatic nitrogens is 3. The van der Waals surface area contributed by atoms with Crippen LogP contribution in [0, 0.1) is 12.3 Å². The van der Waals surface area contributed by atoms with Crippen LogP contribution in [0.15, 0.2) is 30.3 Å². The Bertz CT molecular complexity index is 1460. The molecule has 5 heterocycles. The molecule has 2 aliphatic heterocycles. The molecule has 3 aromatic heterocycles. The lowest BCUT2D eigenvalue weighted by molar-refractivity contribution is 0.0320. The average molecular weight is 501 g/mol. The predicted molar refractivity (Wildman–Crippen MR) is 144 cm³/mol. The fourth-order valence-electron chi connectivity index (χ4n) is 4.74. The Morgan fingerprint density at radius 3 is 2.97 bits per heavy atom. The number of nitrogens with zero attached hydrogens (tertiary/aromatic N) is 4. The van der Waals surface area contributed by atoms with Crippen LogP contribution in [0.4, 0.5) is 5.69 Å². The minimum absolute atomic E-state index is 0.422. The van der Waals surface area contributed by atoms with Gasteiger partial charge in [-0.15, -0.1) is 28.0 Å². The van der Waals surface area contributed by atoms with Gasteiger partial charge in [0, 0.05) is 59.1 Å². The molecule has 1 saturated heterocycles. The molecule has 9 heteroatoms. The van der Waals surface area contributed by atoms with Gasteiger partial charge in [0.05, 0.1) is 35.7 Å². The van der Waals surface area contributed by atoms with Gasteiger partial charge in [0.1, 0.15) is 12.3 Å². The molecule has 0 saturated carbocycles. The number of anilines is 1. The number of fused-ring (bicyclic) bond motifs is 5. The second-order valence-electron chi connectivity index (χ2n) is 9.16. The molecule has 1 aromatic carbocycles. The summed E-state index contributed by atoms with van der Waals surface area (Å²) in [5.74, 6) is 3.03. The smallest absolute Gasteiger partial charge is 0.243 e. The summed E-state index contributed by atoms with van der Waals surface area (Å²) in [7, 11) is 0. The number of rotatable bonds is 5. The third-order valence-electron chi connectivity index (χ3n) is 6.73. The maximum absolute atomic E-state index is 6.08. The largest absolute Gasteiger partial charge is 0.475 e. The van der Waals surface area contributed by atoms with Crippen molar-refractivity contribution in [1.82, 2.24) is 25.4 Å². The van der Waals surface area contributed by atoms with Crippen LogP contribution in [0.1, 0.15) is 17.5 Å². The zero-order valence-electron chi connectivity index (χ0n) is 20.2. The van der Waals surface area contributed by atoms with Gasteiger partial charge in [-0.3, -0.25) is 4.90 Å². The lowest BCUT2D eigenvalue weighted by atomic mass is 10.1. The topological polar surface area (TPSA) is 84.4 Å². The molecule has 0 bridgehead atoms. The molecule has 184 valence electrons. The van der Waals surface area contributed by atoms with Crippen LogP contribution in [-0.4, -0.2) is 72.1 Å². The zero-order chi connectivity index (χ0) is 24.5. The van der Waals surface area contributed by atoms with Gasteiger partial charge < -0.3 is 20.1 Å². The van der Waals surface area contributed by atoms with E-state index in [2.05, 4.69) is 56.8 Å². The molecule has 1 fully saturated rings. The standard InChI is InChI=1S/C27H28N6O2S/c1-3-18-14-20(27(32-31-18)35-13-10-33-8-11-34-12-9-33)22-5-4-19-21(30-22)6-7-23-25(19)26-24(36-23)16-28-17(2)15-29-26/h1,4-7,14,17,28-29H,8-13,15-16H2,2H3/t17-/m1/s1. The Kier molecular flexibility index (Phi) is 6.42. The number of pyridine rings is 1. The van der Waals surface area contributed by atoms with Crippen molar-refractivity contribution in [1.29, 1.82) is 0 Å². The van der Waals surface area contributed by atoms with Gasteiger partial charge >= 0.3 is 0 Å². The van der Waals surface area contributed by atoms with E-state index in [9.17, 15) is 0 Å². The lowest BCUT2D eigenvalue weighted by Gasteiger charge is -2.26. The molecule has 4 aromatic rings. The summed E-state index contributed by atoms with van der Waals surface area (Å²) in [5.41, 5.74) is 4.11. The highest BCUT2D eigenvalue weighted by molar-refractivity contribution is 7.20. The molecule has 2 aliphatic rings. The summed E-state index contributed by atoms with van der Waals surface area (Å²) in [6.07, 6.45) is 5.63. The van der Waals surface area contributed by atoms with E-state index in [1.54, 1.807) is 0 Å². The monoisotopic (exact) mass is 500 g/mol. The normalized spacial score (nSPS) is 18.4. The zero-order valence-corrected chi connectivity index (χ0v) is 21.0. The van der Waals surface area contributed by atoms with Crippen molar-refractivity contribution >= 4 is 38.0 Å². The van der Waals surface area contributed by atoms with E-state index >= 15 is 0 Å². The molecule has 2 N–H and O–H groups in total. The first-order chi connectivity index (χ1) is 17.7. The van der Waals surface area contributed by atoms with Crippen molar-refractivity contribution in [3.05, 3.63) is 40.9 Å². The van der Waals surface area contributed by atoms with E-state index in [0.29, 0.717) is 24.2 Å². The van der Waals surface area contributed by atoms with Crippen LogP contribution < -0.4 is 15.4 Å². The minimum atomic E-state index is 0.422. The number of morpholine rings is 1. The predicted octanol–water partition coefficient (Wildman–Crippen LogP) is 3.50. The third-order valence-corrected chi connectivity index (χ3v) is 7.88. The molecule has 6 rings (SSSR count). The summed E-state index contributed by atoms with van der Waals surface area (Å²) < 4.78 is 12.8. The van der Waals surface area contributed by atoms with E-state index < -0.39 is 0 Å². The molecule has 36 heavy (non-hydrogen) atoms. The Balaban J connectivity index is 1.34. The number of hydrogen-bond donors (Lipinski definition) is 2. The van der Waals surface area contributed by atoms with Crippen LogP contribution >= 0.6 is 11.3 Å². The van der Waals surface area contributed by atoms with Crippen LogP contribution in [0.3, 0.4) is 0 Å². The molecule has 1 atom stereocenters. The van der Waals surface area contributed by atoms with Gasteiger partial charge in [0.15, 0.2) is 0 Å². The van der Waals surface area contributed by atoms with Gasteiger partial charge in [0.2, 0.25) is 5.88 Å². The third kappa shape index (κ3) is 4.49. The summed E-state index contributed by atoms with van der Waals surface area (Å²) >= 11 is 1.83. The lowest BCUT2D eigenvalue weighted by Crippen LogP contribution is -2.38. The number of ether oxygens (including phenoxy) is 2. The average Bonchev–Trinajstić information content (AvgIpc) is 3.19. The summed E-state index contributed by atoms with van der Waals surface area (Å²) in [6, 6.07) is 10.7. The van der Waals surface area contributed by atoms with Crippen LogP contribution in [0.25, 0.3) is 32.2 Å². The van der Waals surface area contributed by atoms with E-state index in [1.807, 2.05) is 23.5 Å². The fraction of sp³-hybridized carbons (Fsp3) is 0.370. The second kappa shape index (κ2) is 9.99. The Hall–Kier alpha value is -3.29. The number of benzene rings is 1. The molecule has 0 radical (unpaired) electrons. The van der Waals surface area contributed by atoms with Crippen LogP contribution in [0.2, 0.25) is 0 Å². The van der Waals surface area contributed by atoms with Gasteiger partial charge in [-0.2, -0.15) is 0 Å². The maximum atomic E-state index is 6.08. The van der Waals surface area contributed by atoms with Gasteiger partial charge in [0.25, 0.3) is 0 Å². The summed E-state index contributed by atoms with van der Waals surface area (Å²) in [5, 5.41) is 18.0. The molecular formula is C27H28N6O2S. The van der Waals surface area contributed by atoms with Crippen LogP contribution in [-0.2, 0) is 11.3 Å². The van der Waals surface area contributed by atoms with Crippen molar-refractivity contribution in [2.45, 2.75) is 19.5 Å². The fourth-order valence-corrected chi connectivity index (χ4v) is 5.89. The highest BCUT2D eigenvalue weighted by Gasteiger charge is 2.20. The van der Waals surface area contributed by atoms with Gasteiger partial charge in [-0.25, -0.2) is 4.98 Å². The molecule has 8 nitrogen and oxygen atoms in total. The van der Waals surface area contributed by atoms with Crippen molar-refractivity contribution in [3.63, 3.8) is 0 Å². The first-order valence-electron chi connectivity index (χ1n) is 12.3. The Labute approximate surface area is 214 Å². The first-order valence-corrected chi connectivity index (χ1v) is 13.1. The molecule has 0 aliphatic carbocycles. The highest BCUT2D eigenvalue weighted by atomic mass is 32.1. The van der Waals surface area contributed by atoms with E-state index in [0.717, 1.165) is 68.1 Å². The van der Waals surface area contributed by atoms with Crippen molar-refractivity contribution in [2.75, 3.05) is 51.3 Å². The number of hydrogen-bond acceptors (Lipinski definition) is 9. The molecule has 0 unspecified atom stereocenters. The SMILES string of the molecule is C#Cc1cc(-c2ccc3c(ccc4sc5c(c43)NC[C@@H](C)NC5)n2)c(OCCN2CCOCC2)nn1. The number of nitrogens with one attached hydrogen (secondary N) is 2. The van der Waals surface area contributed by atoms with Crippen molar-refractivity contribution < 1.29 is 9.47 Å².